The summed E-state index contributed by atoms with van der Waals surface area (Å²) < 4.78 is 0. The zero-order valence-corrected chi connectivity index (χ0v) is 12.2. The fourth-order valence-corrected chi connectivity index (χ4v) is 0.408. The van der Waals surface area contributed by atoms with Crippen molar-refractivity contribution in [3.8, 4) is 0 Å². The van der Waals surface area contributed by atoms with Crippen LogP contribution >= 0.6 is 0 Å². The number of hydrogen-bond donors (Lipinski definition) is 0. The highest BCUT2D eigenvalue weighted by atomic mass is 14.0. The lowest BCUT2D eigenvalue weighted by atomic mass is 9.98. The van der Waals surface area contributed by atoms with Crippen LogP contribution in [-0.4, -0.2) is 0 Å². The summed E-state index contributed by atoms with van der Waals surface area (Å²) in [5.74, 6) is 0. The van der Waals surface area contributed by atoms with Crippen molar-refractivity contribution >= 4 is 0 Å². The lowest BCUT2D eigenvalue weighted by molar-refractivity contribution is 0.546. The standard InChI is InChI=1S/C6H12.2C5H10/c1-5-6(2,3)4;2*1-3-5-4-2/h5H,1H2,2-4H3;2*3H,1,4-5H2,2H3. The van der Waals surface area contributed by atoms with Crippen LogP contribution in [0.5, 0.6) is 0 Å². The third-order valence-electron chi connectivity index (χ3n) is 1.60. The molecule has 0 heteroatoms. The average molecular weight is 224 g/mol. The monoisotopic (exact) mass is 224 g/mol. The molecule has 0 spiro atoms. The quantitative estimate of drug-likeness (QED) is 0.501. The molecule has 0 bridgehead atoms. The van der Waals surface area contributed by atoms with Gasteiger partial charge in [0.1, 0.15) is 0 Å². The first-order valence-corrected chi connectivity index (χ1v) is 6.24. The molecule has 0 saturated heterocycles. The Labute approximate surface area is 104 Å². The van der Waals surface area contributed by atoms with Gasteiger partial charge in [-0.3, -0.25) is 0 Å². The summed E-state index contributed by atoms with van der Waals surface area (Å²) in [5, 5.41) is 0. The van der Waals surface area contributed by atoms with E-state index in [1.165, 1.54) is 12.8 Å². The lowest BCUT2D eigenvalue weighted by Gasteiger charge is -2.08. The molecule has 0 N–H and O–H groups in total. The Balaban J connectivity index is -0.000000160. The number of rotatable bonds is 4. The molecule has 0 nitrogen and oxygen atoms in total. The summed E-state index contributed by atoms with van der Waals surface area (Å²) in [5.41, 5.74) is 0.306. The van der Waals surface area contributed by atoms with Gasteiger partial charge in [-0.25, -0.2) is 0 Å². The third-order valence-corrected chi connectivity index (χ3v) is 1.60. The maximum Gasteiger partial charge on any atom is -0.0206 e. The summed E-state index contributed by atoms with van der Waals surface area (Å²) in [6.07, 6.45) is 10.6. The van der Waals surface area contributed by atoms with E-state index >= 15 is 0 Å². The molecule has 0 aliphatic rings. The zero-order chi connectivity index (χ0) is 13.4. The van der Waals surface area contributed by atoms with Gasteiger partial charge in [0.2, 0.25) is 0 Å². The molecule has 0 saturated carbocycles. The molecule has 0 aliphatic carbocycles. The van der Waals surface area contributed by atoms with Crippen LogP contribution in [0.15, 0.2) is 38.0 Å². The fourth-order valence-electron chi connectivity index (χ4n) is 0.408. The van der Waals surface area contributed by atoms with Crippen molar-refractivity contribution in [1.29, 1.82) is 0 Å². The van der Waals surface area contributed by atoms with E-state index in [-0.39, 0.29) is 0 Å². The smallest absolute Gasteiger partial charge is 0.0206 e. The zero-order valence-electron chi connectivity index (χ0n) is 12.2. The van der Waals surface area contributed by atoms with Gasteiger partial charge in [0, 0.05) is 0 Å². The largest absolute Gasteiger partial charge is 0.103 e. The molecule has 0 rings (SSSR count). The van der Waals surface area contributed by atoms with E-state index in [4.69, 9.17) is 0 Å². The molecule has 0 aromatic carbocycles. The molecule has 0 amide bonds. The summed E-state index contributed by atoms with van der Waals surface area (Å²) >= 11 is 0. The second kappa shape index (κ2) is 16.6. The predicted molar refractivity (Wildman–Crippen MR) is 79.9 cm³/mol. The minimum Gasteiger partial charge on any atom is -0.103 e. The Hall–Kier alpha value is -0.780. The first-order valence-electron chi connectivity index (χ1n) is 6.24. The minimum absolute atomic E-state index is 0.306. The second-order valence-electron chi connectivity index (χ2n) is 4.72. The number of hydrogen-bond acceptors (Lipinski definition) is 0. The van der Waals surface area contributed by atoms with Gasteiger partial charge in [0.05, 0.1) is 0 Å². The number of unbranched alkanes of at least 4 members (excludes halogenated alkanes) is 2. The average Bonchev–Trinajstić information content (AvgIpc) is 2.21. The number of allylic oxidation sites excluding steroid dienone is 3. The van der Waals surface area contributed by atoms with Crippen molar-refractivity contribution in [2.45, 2.75) is 60.3 Å². The summed E-state index contributed by atoms with van der Waals surface area (Å²) in [7, 11) is 0. The van der Waals surface area contributed by atoms with E-state index in [0.29, 0.717) is 5.41 Å². The van der Waals surface area contributed by atoms with Crippen LogP contribution in [0.2, 0.25) is 0 Å². The fraction of sp³-hybridized carbons (Fsp3) is 0.625. The van der Waals surface area contributed by atoms with Crippen LogP contribution in [0.1, 0.15) is 60.3 Å². The van der Waals surface area contributed by atoms with Gasteiger partial charge in [0.15, 0.2) is 0 Å². The van der Waals surface area contributed by atoms with Crippen molar-refractivity contribution in [3.05, 3.63) is 38.0 Å². The highest BCUT2D eigenvalue weighted by molar-refractivity contribution is 4.82. The molecule has 0 heterocycles. The van der Waals surface area contributed by atoms with Gasteiger partial charge in [-0.2, -0.15) is 0 Å². The van der Waals surface area contributed by atoms with Crippen LogP contribution in [0, 0.1) is 5.41 Å². The van der Waals surface area contributed by atoms with E-state index < -0.39 is 0 Å². The Morgan fingerprint density at radius 2 is 1.06 bits per heavy atom. The molecule has 0 aromatic rings. The van der Waals surface area contributed by atoms with Crippen LogP contribution in [0.3, 0.4) is 0 Å². The summed E-state index contributed by atoms with van der Waals surface area (Å²) in [4.78, 5) is 0. The maximum absolute atomic E-state index is 3.63. The van der Waals surface area contributed by atoms with Crippen LogP contribution in [0.4, 0.5) is 0 Å². The topological polar surface area (TPSA) is 0 Å². The molecule has 0 radical (unpaired) electrons. The molecule has 0 aromatic heterocycles. The molecular formula is C16H32. The van der Waals surface area contributed by atoms with E-state index in [1.54, 1.807) is 0 Å². The Bertz CT molecular complexity index is 136. The Morgan fingerprint density at radius 1 is 0.812 bits per heavy atom. The van der Waals surface area contributed by atoms with Crippen molar-refractivity contribution in [2.75, 3.05) is 0 Å². The molecule has 96 valence electrons. The highest BCUT2D eigenvalue weighted by Gasteiger charge is 1.99. The SMILES string of the molecule is C=CC(C)(C)C.C=CCCC.C=CCCC. The molecule has 16 heavy (non-hydrogen) atoms. The van der Waals surface area contributed by atoms with E-state index in [1.807, 2.05) is 18.2 Å². The van der Waals surface area contributed by atoms with Crippen molar-refractivity contribution < 1.29 is 0 Å². The van der Waals surface area contributed by atoms with Crippen LogP contribution < -0.4 is 0 Å². The normalized spacial score (nSPS) is 8.81. The molecule has 0 fully saturated rings. The summed E-state index contributed by atoms with van der Waals surface area (Å²) in [6.45, 7) is 21.4. The Kier molecular flexibility index (Phi) is 21.4. The van der Waals surface area contributed by atoms with Crippen molar-refractivity contribution in [2.24, 2.45) is 5.41 Å². The van der Waals surface area contributed by atoms with E-state index in [2.05, 4.69) is 54.4 Å². The molecule has 0 atom stereocenters. The van der Waals surface area contributed by atoms with Crippen molar-refractivity contribution in [1.82, 2.24) is 0 Å². The van der Waals surface area contributed by atoms with Crippen LogP contribution in [0.25, 0.3) is 0 Å². The highest BCUT2D eigenvalue weighted by Crippen LogP contribution is 2.11. The molecule has 0 unspecified atom stereocenters. The van der Waals surface area contributed by atoms with Crippen LogP contribution in [-0.2, 0) is 0 Å². The van der Waals surface area contributed by atoms with Gasteiger partial charge < -0.3 is 0 Å². The van der Waals surface area contributed by atoms with Gasteiger partial charge in [-0.1, -0.05) is 65.7 Å². The second-order valence-corrected chi connectivity index (χ2v) is 4.72. The summed E-state index contributed by atoms with van der Waals surface area (Å²) in [6, 6.07) is 0. The van der Waals surface area contributed by atoms with Gasteiger partial charge in [0.25, 0.3) is 0 Å². The van der Waals surface area contributed by atoms with E-state index in [0.717, 1.165) is 12.8 Å². The third kappa shape index (κ3) is 51.0. The lowest BCUT2D eigenvalue weighted by Crippen LogP contribution is -1.96. The van der Waals surface area contributed by atoms with Gasteiger partial charge >= 0.3 is 0 Å². The van der Waals surface area contributed by atoms with Gasteiger partial charge in [-0.15, -0.1) is 19.7 Å². The first-order chi connectivity index (χ1) is 7.39. The molecule has 0 aliphatic heterocycles. The molecular weight excluding hydrogens is 192 g/mol. The maximum atomic E-state index is 3.63. The van der Waals surface area contributed by atoms with Gasteiger partial charge in [-0.05, 0) is 18.3 Å². The van der Waals surface area contributed by atoms with Crippen molar-refractivity contribution in [3.63, 3.8) is 0 Å². The predicted octanol–water partition coefficient (Wildman–Crippen LogP) is 6.16. The first kappa shape index (κ1) is 20.6. The van der Waals surface area contributed by atoms with E-state index in [9.17, 15) is 0 Å². The Morgan fingerprint density at radius 3 is 1.06 bits per heavy atom. The minimum atomic E-state index is 0.306.